The lowest BCUT2D eigenvalue weighted by atomic mass is 9.85. The minimum atomic E-state index is -4.11. The maximum absolute atomic E-state index is 13.6. The molecule has 33 heavy (non-hydrogen) atoms. The van der Waals surface area contributed by atoms with Gasteiger partial charge in [-0.15, -0.1) is 0 Å². The van der Waals surface area contributed by atoms with Gasteiger partial charge in [-0.2, -0.15) is 0 Å². The van der Waals surface area contributed by atoms with E-state index >= 15 is 0 Å². The van der Waals surface area contributed by atoms with Gasteiger partial charge in [-0.1, -0.05) is 18.0 Å². The maximum Gasteiger partial charge on any atom is 0.255 e. The summed E-state index contributed by atoms with van der Waals surface area (Å²) in [6.45, 7) is -0.554. The molecular formula is C22H21ClF3NO5S. The molecule has 0 aliphatic heterocycles. The molecule has 6 nitrogen and oxygen atoms in total. The predicted octanol–water partition coefficient (Wildman–Crippen LogP) is 3.70. The van der Waals surface area contributed by atoms with Crippen molar-refractivity contribution in [2.24, 2.45) is 11.8 Å². The van der Waals surface area contributed by atoms with E-state index in [9.17, 15) is 36.6 Å². The zero-order valence-corrected chi connectivity index (χ0v) is 18.8. The fourth-order valence-electron chi connectivity index (χ4n) is 5.15. The summed E-state index contributed by atoms with van der Waals surface area (Å²) in [6.07, 6.45) is 1.88. The Balaban J connectivity index is 1.67. The standard InChI is InChI=1S/C22H21ClF3NO5S/c23-15-5-4-11(21(29)27-13-7-16(24)19(26)17(25)8-13)6-18(15)33(31,32)20-12-2-1-3-14(20)22(30,9-12)10-28/h4-8,12,14,20,28,30H,1-3,9-10H2,(H,27,29). The van der Waals surface area contributed by atoms with Crippen LogP contribution in [0.1, 0.15) is 36.0 Å². The molecule has 178 valence electrons. The molecule has 0 spiro atoms. The number of carbonyl (C=O) groups excluding carboxylic acids is 1. The zero-order valence-electron chi connectivity index (χ0n) is 17.2. The van der Waals surface area contributed by atoms with Crippen LogP contribution < -0.4 is 5.32 Å². The molecule has 4 unspecified atom stereocenters. The molecule has 0 saturated heterocycles. The highest BCUT2D eigenvalue weighted by Gasteiger charge is 2.58. The highest BCUT2D eigenvalue weighted by molar-refractivity contribution is 7.92. The van der Waals surface area contributed by atoms with Gasteiger partial charge in [-0.25, -0.2) is 21.6 Å². The second-order valence-electron chi connectivity index (χ2n) is 8.63. The number of aliphatic hydroxyl groups excluding tert-OH is 1. The fourth-order valence-corrected chi connectivity index (χ4v) is 8.07. The Morgan fingerprint density at radius 2 is 1.82 bits per heavy atom. The molecule has 1 amide bonds. The summed E-state index contributed by atoms with van der Waals surface area (Å²) in [5.74, 6) is -6.60. The average molecular weight is 504 g/mol. The van der Waals surface area contributed by atoms with E-state index in [-0.39, 0.29) is 33.5 Å². The van der Waals surface area contributed by atoms with Crippen LogP contribution in [0.4, 0.5) is 18.9 Å². The number of benzene rings is 2. The van der Waals surface area contributed by atoms with Gasteiger partial charge in [0.1, 0.15) is 0 Å². The molecule has 0 aromatic heterocycles. The Hall–Kier alpha value is -2.14. The maximum atomic E-state index is 13.6. The molecule has 4 atom stereocenters. The van der Waals surface area contributed by atoms with E-state index in [0.717, 1.165) is 12.5 Å². The number of carbonyl (C=O) groups is 1. The molecule has 3 N–H and O–H groups in total. The van der Waals surface area contributed by atoms with Crippen molar-refractivity contribution in [2.75, 3.05) is 11.9 Å². The van der Waals surface area contributed by atoms with Gasteiger partial charge >= 0.3 is 0 Å². The topological polar surface area (TPSA) is 104 Å². The molecule has 2 aliphatic carbocycles. The highest BCUT2D eigenvalue weighted by Crippen LogP contribution is 2.53. The summed E-state index contributed by atoms with van der Waals surface area (Å²) in [5.41, 5.74) is -2.00. The number of nitrogens with one attached hydrogen (secondary N) is 1. The summed E-state index contributed by atoms with van der Waals surface area (Å²) < 4.78 is 67.2. The van der Waals surface area contributed by atoms with E-state index in [1.54, 1.807) is 0 Å². The van der Waals surface area contributed by atoms with Gasteiger partial charge in [0.05, 0.1) is 27.4 Å². The number of aliphatic hydroxyl groups is 2. The first-order chi connectivity index (χ1) is 15.5. The Labute approximate surface area is 193 Å². The third-order valence-electron chi connectivity index (χ3n) is 6.63. The van der Waals surface area contributed by atoms with Crippen molar-refractivity contribution >= 4 is 33.0 Å². The second kappa shape index (κ2) is 8.57. The molecule has 4 rings (SSSR count). The SMILES string of the molecule is O=C(Nc1cc(F)c(F)c(F)c1)c1ccc(Cl)c(S(=O)(=O)C2C3CCCC2C(O)(CO)C3)c1. The van der Waals surface area contributed by atoms with Crippen LogP contribution in [0.15, 0.2) is 35.2 Å². The van der Waals surface area contributed by atoms with E-state index in [1.165, 1.54) is 12.1 Å². The summed E-state index contributed by atoms with van der Waals surface area (Å²) in [5, 5.41) is 21.6. The summed E-state index contributed by atoms with van der Waals surface area (Å²) in [6, 6.07) is 4.72. The Morgan fingerprint density at radius 1 is 1.15 bits per heavy atom. The lowest BCUT2D eigenvalue weighted by Gasteiger charge is -2.33. The van der Waals surface area contributed by atoms with Gasteiger partial charge in [0, 0.05) is 29.3 Å². The number of amides is 1. The van der Waals surface area contributed by atoms with E-state index in [4.69, 9.17) is 11.6 Å². The molecule has 2 bridgehead atoms. The first kappa shape index (κ1) is 24.0. The van der Waals surface area contributed by atoms with Crippen molar-refractivity contribution in [1.29, 1.82) is 0 Å². The fraction of sp³-hybridized carbons (Fsp3) is 0.409. The largest absolute Gasteiger partial charge is 0.393 e. The molecular weight excluding hydrogens is 483 g/mol. The van der Waals surface area contributed by atoms with Gasteiger partial charge in [-0.05, 0) is 43.4 Å². The van der Waals surface area contributed by atoms with Crippen LogP contribution in [-0.4, -0.2) is 42.0 Å². The molecule has 0 heterocycles. The number of sulfone groups is 1. The number of rotatable bonds is 5. The first-order valence-corrected chi connectivity index (χ1v) is 12.2. The minimum Gasteiger partial charge on any atom is -0.393 e. The summed E-state index contributed by atoms with van der Waals surface area (Å²) in [4.78, 5) is 12.3. The molecule has 2 fully saturated rings. The molecule has 2 aromatic rings. The van der Waals surface area contributed by atoms with Crippen LogP contribution in [0, 0.1) is 29.3 Å². The van der Waals surface area contributed by atoms with E-state index < -0.39 is 56.6 Å². The Kier molecular flexibility index (Phi) is 6.24. The van der Waals surface area contributed by atoms with Crippen molar-refractivity contribution in [3.63, 3.8) is 0 Å². The number of hydrogen-bond donors (Lipinski definition) is 3. The zero-order chi connectivity index (χ0) is 24.1. The van der Waals surface area contributed by atoms with Crippen molar-refractivity contribution in [2.45, 2.75) is 41.4 Å². The normalized spacial score (nSPS) is 26.9. The first-order valence-electron chi connectivity index (χ1n) is 10.3. The van der Waals surface area contributed by atoms with Crippen LogP contribution in [0.5, 0.6) is 0 Å². The third kappa shape index (κ3) is 4.14. The molecule has 0 radical (unpaired) electrons. The number of fused-ring (bicyclic) bond motifs is 2. The van der Waals surface area contributed by atoms with Crippen molar-refractivity contribution in [3.8, 4) is 0 Å². The molecule has 11 heteroatoms. The lowest BCUT2D eigenvalue weighted by Crippen LogP contribution is -2.44. The van der Waals surface area contributed by atoms with Gasteiger partial charge in [0.2, 0.25) is 0 Å². The van der Waals surface area contributed by atoms with Gasteiger partial charge in [0.25, 0.3) is 5.91 Å². The summed E-state index contributed by atoms with van der Waals surface area (Å²) >= 11 is 6.18. The van der Waals surface area contributed by atoms with Crippen LogP contribution in [0.3, 0.4) is 0 Å². The van der Waals surface area contributed by atoms with Gasteiger partial charge < -0.3 is 15.5 Å². The van der Waals surface area contributed by atoms with E-state index in [0.29, 0.717) is 25.0 Å². The average Bonchev–Trinajstić information content (AvgIpc) is 2.95. The predicted molar refractivity (Wildman–Crippen MR) is 114 cm³/mol. The number of hydrogen-bond acceptors (Lipinski definition) is 5. The second-order valence-corrected chi connectivity index (χ2v) is 11.1. The van der Waals surface area contributed by atoms with Crippen molar-refractivity contribution in [3.05, 3.63) is 58.4 Å². The molecule has 2 aromatic carbocycles. The van der Waals surface area contributed by atoms with Crippen LogP contribution >= 0.6 is 11.6 Å². The van der Waals surface area contributed by atoms with Crippen LogP contribution in [0.2, 0.25) is 5.02 Å². The van der Waals surface area contributed by atoms with Gasteiger partial charge in [0.15, 0.2) is 27.3 Å². The van der Waals surface area contributed by atoms with Crippen molar-refractivity contribution in [1.82, 2.24) is 0 Å². The quantitative estimate of drug-likeness (QED) is 0.540. The Bertz CT molecular complexity index is 1200. The number of anilines is 1. The molecule has 2 aliphatic rings. The molecule has 2 saturated carbocycles. The van der Waals surface area contributed by atoms with Crippen LogP contribution in [-0.2, 0) is 9.84 Å². The van der Waals surface area contributed by atoms with E-state index in [1.807, 2.05) is 0 Å². The highest BCUT2D eigenvalue weighted by atomic mass is 35.5. The third-order valence-corrected chi connectivity index (χ3v) is 9.45. The van der Waals surface area contributed by atoms with E-state index in [2.05, 4.69) is 5.32 Å². The van der Waals surface area contributed by atoms with Crippen LogP contribution in [0.25, 0.3) is 0 Å². The minimum absolute atomic E-state index is 0.122. The van der Waals surface area contributed by atoms with Gasteiger partial charge in [-0.3, -0.25) is 4.79 Å². The lowest BCUT2D eigenvalue weighted by molar-refractivity contribution is -0.0450. The smallest absolute Gasteiger partial charge is 0.255 e. The monoisotopic (exact) mass is 503 g/mol. The van der Waals surface area contributed by atoms with Crippen molar-refractivity contribution < 1.29 is 36.6 Å². The Morgan fingerprint density at radius 3 is 2.45 bits per heavy atom. The number of halogens is 4. The summed E-state index contributed by atoms with van der Waals surface area (Å²) in [7, 11) is -4.11.